The van der Waals surface area contributed by atoms with Crippen LogP contribution in [0.4, 0.5) is 5.82 Å². The number of amides is 1. The van der Waals surface area contributed by atoms with Crippen molar-refractivity contribution < 1.29 is 4.79 Å². The number of hydrogen-bond donors (Lipinski definition) is 1. The number of hydrogen-bond acceptors (Lipinski definition) is 6. The Morgan fingerprint density at radius 1 is 1.16 bits per heavy atom. The van der Waals surface area contributed by atoms with Crippen molar-refractivity contribution in [1.29, 1.82) is 0 Å². The van der Waals surface area contributed by atoms with E-state index in [-0.39, 0.29) is 36.8 Å². The molecule has 9 heteroatoms. The first-order valence-corrected chi connectivity index (χ1v) is 9.16. The average Bonchev–Trinajstić information content (AvgIpc) is 3.11. The summed E-state index contributed by atoms with van der Waals surface area (Å²) in [5.41, 5.74) is 1.00. The zero-order valence-electron chi connectivity index (χ0n) is 13.9. The highest BCUT2D eigenvalue weighted by atomic mass is 35.5. The highest BCUT2D eigenvalue weighted by Crippen LogP contribution is 2.28. The molecule has 4 heterocycles. The molecular formula is C16H23Cl2N5OS. The highest BCUT2D eigenvalue weighted by Gasteiger charge is 2.29. The maximum atomic E-state index is 12.6. The molecule has 2 aliphatic rings. The number of nitrogens with one attached hydrogen (secondary N) is 1. The second-order valence-electron chi connectivity index (χ2n) is 6.15. The minimum Gasteiger partial charge on any atom is -0.352 e. The second-order valence-corrected chi connectivity index (χ2v) is 7.06. The van der Waals surface area contributed by atoms with E-state index in [2.05, 4.69) is 25.6 Å². The molecule has 1 atom stereocenters. The fraction of sp³-hybridized carbons (Fsp3) is 0.562. The van der Waals surface area contributed by atoms with Gasteiger partial charge in [0.15, 0.2) is 0 Å². The Kier molecular flexibility index (Phi) is 7.25. The zero-order valence-corrected chi connectivity index (χ0v) is 16.3. The maximum Gasteiger partial charge on any atom is 0.239 e. The molecule has 6 nitrogen and oxygen atoms in total. The molecular weight excluding hydrogens is 381 g/mol. The lowest BCUT2D eigenvalue weighted by molar-refractivity contribution is -0.134. The molecule has 2 aromatic heterocycles. The number of carbonyl (C=O) groups is 1. The van der Waals surface area contributed by atoms with Crippen LogP contribution in [0.15, 0.2) is 17.8 Å². The summed E-state index contributed by atoms with van der Waals surface area (Å²) < 4.78 is 1.14. The summed E-state index contributed by atoms with van der Waals surface area (Å²) >= 11 is 1.68. The van der Waals surface area contributed by atoms with Crippen LogP contribution >= 0.6 is 36.2 Å². The Morgan fingerprint density at radius 2 is 1.96 bits per heavy atom. The first-order valence-electron chi connectivity index (χ1n) is 8.28. The molecule has 138 valence electrons. The van der Waals surface area contributed by atoms with Crippen LogP contribution < -0.4 is 10.2 Å². The van der Waals surface area contributed by atoms with Gasteiger partial charge >= 0.3 is 0 Å². The molecule has 0 bridgehead atoms. The van der Waals surface area contributed by atoms with Crippen LogP contribution in [0.5, 0.6) is 0 Å². The van der Waals surface area contributed by atoms with Gasteiger partial charge in [-0.15, -0.1) is 36.2 Å². The predicted octanol–water partition coefficient (Wildman–Crippen LogP) is 2.33. The number of aromatic nitrogens is 2. The van der Waals surface area contributed by atoms with Gasteiger partial charge in [-0.2, -0.15) is 0 Å². The Hall–Kier alpha value is -1.15. The fourth-order valence-corrected chi connectivity index (χ4v) is 4.28. The number of rotatable bonds is 2. The van der Waals surface area contributed by atoms with Gasteiger partial charge in [0.2, 0.25) is 5.91 Å². The monoisotopic (exact) mass is 403 g/mol. The molecule has 0 saturated carbocycles. The van der Waals surface area contributed by atoms with E-state index in [9.17, 15) is 4.79 Å². The lowest BCUT2D eigenvalue weighted by atomic mass is 10.0. The van der Waals surface area contributed by atoms with Crippen molar-refractivity contribution in [2.24, 2.45) is 0 Å². The standard InChI is InChI=1S/C16H21N5OS.2ClH/c22-16(13-3-1-2-5-17-13)21-8-6-20(7-9-21)15-14-12(4-10-23-14)18-11-19-15;;/h4,10-11,13,17H,1-3,5-9H2;2*1H/t13-;;/m1../s1. The van der Waals surface area contributed by atoms with Gasteiger partial charge in [-0.3, -0.25) is 4.79 Å². The summed E-state index contributed by atoms with van der Waals surface area (Å²) in [6.45, 7) is 4.18. The molecule has 2 aromatic rings. The van der Waals surface area contributed by atoms with Crippen LogP contribution in [-0.4, -0.2) is 59.5 Å². The summed E-state index contributed by atoms with van der Waals surface area (Å²) in [6.07, 6.45) is 4.94. The summed E-state index contributed by atoms with van der Waals surface area (Å²) in [6, 6.07) is 2.05. The van der Waals surface area contributed by atoms with Crippen LogP contribution in [0.3, 0.4) is 0 Å². The molecule has 0 unspecified atom stereocenters. The lowest BCUT2D eigenvalue weighted by Gasteiger charge is -2.37. The van der Waals surface area contributed by atoms with Gasteiger partial charge in [-0.05, 0) is 30.8 Å². The van der Waals surface area contributed by atoms with E-state index in [0.29, 0.717) is 0 Å². The Balaban J connectivity index is 0.00000113. The summed E-state index contributed by atoms with van der Waals surface area (Å²) in [7, 11) is 0. The van der Waals surface area contributed by atoms with Gasteiger partial charge in [-0.25, -0.2) is 9.97 Å². The average molecular weight is 404 g/mol. The van der Waals surface area contributed by atoms with E-state index in [1.54, 1.807) is 17.7 Å². The molecule has 25 heavy (non-hydrogen) atoms. The molecule has 0 aromatic carbocycles. The fourth-order valence-electron chi connectivity index (χ4n) is 3.42. The minimum absolute atomic E-state index is 0. The van der Waals surface area contributed by atoms with Crippen molar-refractivity contribution in [3.05, 3.63) is 17.8 Å². The highest BCUT2D eigenvalue weighted by molar-refractivity contribution is 7.17. The largest absolute Gasteiger partial charge is 0.352 e. The van der Waals surface area contributed by atoms with Crippen LogP contribution in [-0.2, 0) is 4.79 Å². The Labute approximate surface area is 163 Å². The van der Waals surface area contributed by atoms with Crippen LogP contribution in [0.25, 0.3) is 10.2 Å². The Bertz CT molecular complexity index is 699. The van der Waals surface area contributed by atoms with Gasteiger partial charge in [0.25, 0.3) is 0 Å². The molecule has 1 N–H and O–H groups in total. The quantitative estimate of drug-likeness (QED) is 0.833. The Morgan fingerprint density at radius 3 is 2.68 bits per heavy atom. The van der Waals surface area contributed by atoms with E-state index in [4.69, 9.17) is 0 Å². The molecule has 2 aliphatic heterocycles. The number of halogens is 2. The number of carbonyl (C=O) groups excluding carboxylic acids is 1. The van der Waals surface area contributed by atoms with Crippen molar-refractivity contribution >= 4 is 58.1 Å². The van der Waals surface area contributed by atoms with Crippen molar-refractivity contribution in [2.45, 2.75) is 25.3 Å². The van der Waals surface area contributed by atoms with E-state index in [1.807, 2.05) is 11.0 Å². The van der Waals surface area contributed by atoms with Gasteiger partial charge in [0.1, 0.15) is 12.1 Å². The number of piperazine rings is 1. The summed E-state index contributed by atoms with van der Waals surface area (Å²) in [4.78, 5) is 25.6. The van der Waals surface area contributed by atoms with Crippen LogP contribution in [0.1, 0.15) is 19.3 Å². The van der Waals surface area contributed by atoms with Crippen LogP contribution in [0.2, 0.25) is 0 Å². The first kappa shape index (κ1) is 20.2. The van der Waals surface area contributed by atoms with Gasteiger partial charge in [0.05, 0.1) is 16.3 Å². The maximum absolute atomic E-state index is 12.6. The summed E-state index contributed by atoms with van der Waals surface area (Å²) in [5.74, 6) is 1.28. The SMILES string of the molecule is Cl.Cl.O=C([C@H]1CCCCN1)N1CCN(c2ncnc3ccsc23)CC1. The smallest absolute Gasteiger partial charge is 0.239 e. The number of anilines is 1. The van der Waals surface area contributed by atoms with Gasteiger partial charge < -0.3 is 15.1 Å². The number of piperidine rings is 1. The second kappa shape index (κ2) is 8.98. The molecule has 0 spiro atoms. The minimum atomic E-state index is 0. The van der Waals surface area contributed by atoms with Crippen molar-refractivity contribution in [1.82, 2.24) is 20.2 Å². The lowest BCUT2D eigenvalue weighted by Crippen LogP contribution is -2.55. The van der Waals surface area contributed by atoms with E-state index in [0.717, 1.165) is 61.6 Å². The molecule has 0 aliphatic carbocycles. The van der Waals surface area contributed by atoms with E-state index < -0.39 is 0 Å². The molecule has 2 saturated heterocycles. The third-order valence-corrected chi connectivity index (χ3v) is 5.62. The zero-order chi connectivity index (χ0) is 15.6. The molecule has 4 rings (SSSR count). The molecule has 0 radical (unpaired) electrons. The van der Waals surface area contributed by atoms with Gasteiger partial charge in [-0.1, -0.05) is 6.42 Å². The van der Waals surface area contributed by atoms with Gasteiger partial charge in [0, 0.05) is 26.2 Å². The summed E-state index contributed by atoms with van der Waals surface area (Å²) in [5, 5.41) is 5.41. The van der Waals surface area contributed by atoms with Crippen molar-refractivity contribution in [2.75, 3.05) is 37.6 Å². The van der Waals surface area contributed by atoms with E-state index >= 15 is 0 Å². The van der Waals surface area contributed by atoms with Crippen molar-refractivity contribution in [3.8, 4) is 0 Å². The number of nitrogens with zero attached hydrogens (tertiary/aromatic N) is 4. The van der Waals surface area contributed by atoms with Crippen LogP contribution in [0, 0.1) is 0 Å². The third-order valence-electron chi connectivity index (χ3n) is 4.72. The van der Waals surface area contributed by atoms with Crippen molar-refractivity contribution in [3.63, 3.8) is 0 Å². The predicted molar refractivity (Wildman–Crippen MR) is 106 cm³/mol. The normalized spacial score (nSPS) is 20.7. The van der Waals surface area contributed by atoms with E-state index in [1.165, 1.54) is 6.42 Å². The molecule has 1 amide bonds. The topological polar surface area (TPSA) is 61.4 Å². The third kappa shape index (κ3) is 4.16. The first-order chi connectivity index (χ1) is 11.3. The number of fused-ring (bicyclic) bond motifs is 1. The number of thiophene rings is 1. The molecule has 2 fully saturated rings.